The Kier molecular flexibility index (Phi) is 4.90. The Balaban J connectivity index is 1.63. The maximum absolute atomic E-state index is 13.5. The van der Waals surface area contributed by atoms with Crippen LogP contribution in [-0.4, -0.2) is 33.9 Å². The molecular weight excluding hydrogens is 426 g/mol. The molecule has 0 saturated carbocycles. The number of Topliss-reactive ketones (excluding diaryl/α,β-unsaturated/α-hetero) is 1. The number of methoxy groups -OCH3 is 1. The summed E-state index contributed by atoms with van der Waals surface area (Å²) in [5, 5.41) is 21.5. The molecule has 1 aliphatic rings. The number of amides is 1. The third-order valence-electron chi connectivity index (χ3n) is 5.62. The zero-order chi connectivity index (χ0) is 23.1. The molecule has 0 bridgehead atoms. The fraction of sp³-hybridized carbons (Fsp3) is 0.120. The minimum atomic E-state index is -0.960. The highest BCUT2D eigenvalue weighted by atomic mass is 16.5. The summed E-state index contributed by atoms with van der Waals surface area (Å²) in [6, 6.07) is 15.6. The van der Waals surface area contributed by atoms with Crippen molar-refractivity contribution in [3.63, 3.8) is 0 Å². The summed E-state index contributed by atoms with van der Waals surface area (Å²) in [6.45, 7) is 0.0145. The summed E-state index contributed by atoms with van der Waals surface area (Å²) in [5.74, 6) is -1.45. The molecule has 2 aromatic carbocycles. The minimum absolute atomic E-state index is 0.00106. The van der Waals surface area contributed by atoms with Crippen molar-refractivity contribution in [3.05, 3.63) is 95.3 Å². The van der Waals surface area contributed by atoms with Gasteiger partial charge in [0.2, 0.25) is 5.78 Å². The number of para-hydroxylation sites is 1. The molecule has 2 N–H and O–H groups in total. The van der Waals surface area contributed by atoms with E-state index in [1.165, 1.54) is 30.4 Å². The quantitative estimate of drug-likeness (QED) is 0.420. The number of ketones is 1. The normalized spacial score (nSPS) is 16.1. The van der Waals surface area contributed by atoms with Gasteiger partial charge in [-0.15, -0.1) is 0 Å². The average molecular weight is 445 g/mol. The Bertz CT molecular complexity index is 1360. The van der Waals surface area contributed by atoms with Gasteiger partial charge in [0.25, 0.3) is 5.91 Å². The van der Waals surface area contributed by atoms with Crippen LogP contribution in [0.3, 0.4) is 0 Å². The third-order valence-corrected chi connectivity index (χ3v) is 5.62. The minimum Gasteiger partial charge on any atom is -0.504 e. The Morgan fingerprint density at radius 3 is 2.64 bits per heavy atom. The number of fused-ring (bicyclic) bond motifs is 1. The predicted octanol–water partition coefficient (Wildman–Crippen LogP) is 4.52. The van der Waals surface area contributed by atoms with E-state index in [0.717, 1.165) is 5.39 Å². The van der Waals surface area contributed by atoms with Crippen molar-refractivity contribution in [1.29, 1.82) is 0 Å². The van der Waals surface area contributed by atoms with Gasteiger partial charge in [0, 0.05) is 5.39 Å². The van der Waals surface area contributed by atoms with E-state index >= 15 is 0 Å². The number of aromatic hydroxyl groups is 1. The lowest BCUT2D eigenvalue weighted by Gasteiger charge is -2.26. The Morgan fingerprint density at radius 1 is 1.09 bits per heavy atom. The number of ether oxygens (including phenoxy) is 1. The lowest BCUT2D eigenvalue weighted by Crippen LogP contribution is -2.30. The molecule has 1 aliphatic heterocycles. The molecule has 8 heteroatoms. The van der Waals surface area contributed by atoms with Gasteiger partial charge in [-0.3, -0.25) is 9.59 Å². The number of furan rings is 2. The first-order chi connectivity index (χ1) is 16.0. The molecule has 5 rings (SSSR count). The molecule has 1 amide bonds. The van der Waals surface area contributed by atoms with Crippen LogP contribution in [0.15, 0.2) is 87.1 Å². The number of aliphatic hydroxyl groups excluding tert-OH is 1. The Hall–Kier alpha value is -4.46. The molecule has 3 heterocycles. The van der Waals surface area contributed by atoms with E-state index in [1.807, 2.05) is 6.07 Å². The summed E-state index contributed by atoms with van der Waals surface area (Å²) < 4.78 is 16.3. The van der Waals surface area contributed by atoms with Crippen LogP contribution in [0.1, 0.15) is 27.9 Å². The molecule has 2 aromatic heterocycles. The van der Waals surface area contributed by atoms with Gasteiger partial charge >= 0.3 is 0 Å². The van der Waals surface area contributed by atoms with E-state index in [1.54, 1.807) is 42.5 Å². The molecule has 0 fully saturated rings. The Labute approximate surface area is 187 Å². The fourth-order valence-electron chi connectivity index (χ4n) is 4.06. The number of carbonyl (C=O) groups is 2. The number of carbonyl (C=O) groups excluding carboxylic acids is 2. The molecule has 33 heavy (non-hydrogen) atoms. The molecule has 1 atom stereocenters. The number of phenols is 1. The van der Waals surface area contributed by atoms with Crippen LogP contribution in [0.25, 0.3) is 11.0 Å². The number of nitrogens with zero attached hydrogens (tertiary/aromatic N) is 1. The SMILES string of the molecule is COc1cc(C2C(C(=O)c3cc4ccccc4o3)=C(O)C(=O)N2Cc2ccco2)ccc1O. The molecule has 0 saturated heterocycles. The van der Waals surface area contributed by atoms with Crippen molar-refractivity contribution in [2.24, 2.45) is 0 Å². The highest BCUT2D eigenvalue weighted by molar-refractivity contribution is 6.16. The van der Waals surface area contributed by atoms with Gasteiger partial charge in [0.05, 0.1) is 31.5 Å². The summed E-state index contributed by atoms with van der Waals surface area (Å²) in [6.07, 6.45) is 1.47. The summed E-state index contributed by atoms with van der Waals surface area (Å²) in [5.41, 5.74) is 0.854. The van der Waals surface area contributed by atoms with Gasteiger partial charge in [-0.2, -0.15) is 0 Å². The number of phenolic OH excluding ortho intramolecular Hbond substituents is 1. The summed E-state index contributed by atoms with van der Waals surface area (Å²) in [7, 11) is 1.40. The monoisotopic (exact) mass is 445 g/mol. The van der Waals surface area contributed by atoms with Crippen molar-refractivity contribution in [2.75, 3.05) is 7.11 Å². The first kappa shape index (κ1) is 20.4. The molecule has 4 aromatic rings. The number of aliphatic hydroxyl groups is 1. The second kappa shape index (κ2) is 7.90. The first-order valence-electron chi connectivity index (χ1n) is 10.1. The van der Waals surface area contributed by atoms with Crippen molar-refractivity contribution in [1.82, 2.24) is 4.90 Å². The highest BCUT2D eigenvalue weighted by Crippen LogP contribution is 2.42. The summed E-state index contributed by atoms with van der Waals surface area (Å²) in [4.78, 5) is 27.9. The molecule has 0 radical (unpaired) electrons. The van der Waals surface area contributed by atoms with E-state index in [9.17, 15) is 19.8 Å². The summed E-state index contributed by atoms with van der Waals surface area (Å²) >= 11 is 0. The van der Waals surface area contributed by atoms with Crippen LogP contribution in [-0.2, 0) is 11.3 Å². The third kappa shape index (κ3) is 3.41. The van der Waals surface area contributed by atoms with Gasteiger partial charge in [0.1, 0.15) is 11.3 Å². The molecule has 0 spiro atoms. The molecular formula is C25H19NO7. The van der Waals surface area contributed by atoms with Crippen LogP contribution in [0, 0.1) is 0 Å². The smallest absolute Gasteiger partial charge is 0.290 e. The van der Waals surface area contributed by atoms with E-state index in [0.29, 0.717) is 16.9 Å². The highest BCUT2D eigenvalue weighted by Gasteiger charge is 2.45. The second-order valence-corrected chi connectivity index (χ2v) is 7.59. The number of hydrogen-bond donors (Lipinski definition) is 2. The zero-order valence-electron chi connectivity index (χ0n) is 17.5. The van der Waals surface area contributed by atoms with Gasteiger partial charge in [-0.25, -0.2) is 0 Å². The number of benzene rings is 2. The maximum Gasteiger partial charge on any atom is 0.290 e. The zero-order valence-corrected chi connectivity index (χ0v) is 17.5. The van der Waals surface area contributed by atoms with Crippen molar-refractivity contribution < 1.29 is 33.4 Å². The molecule has 1 unspecified atom stereocenters. The second-order valence-electron chi connectivity index (χ2n) is 7.59. The van der Waals surface area contributed by atoms with Crippen molar-refractivity contribution in [3.8, 4) is 11.5 Å². The van der Waals surface area contributed by atoms with Crippen LogP contribution < -0.4 is 4.74 Å². The van der Waals surface area contributed by atoms with E-state index in [4.69, 9.17) is 13.6 Å². The van der Waals surface area contributed by atoms with Gasteiger partial charge < -0.3 is 28.7 Å². The van der Waals surface area contributed by atoms with E-state index in [-0.39, 0.29) is 29.4 Å². The van der Waals surface area contributed by atoms with Crippen molar-refractivity contribution in [2.45, 2.75) is 12.6 Å². The maximum atomic E-state index is 13.5. The van der Waals surface area contributed by atoms with E-state index < -0.39 is 23.5 Å². The fourth-order valence-corrected chi connectivity index (χ4v) is 4.06. The molecule has 166 valence electrons. The number of rotatable bonds is 6. The predicted molar refractivity (Wildman–Crippen MR) is 117 cm³/mol. The van der Waals surface area contributed by atoms with Crippen LogP contribution in [0.2, 0.25) is 0 Å². The Morgan fingerprint density at radius 2 is 1.91 bits per heavy atom. The first-order valence-corrected chi connectivity index (χ1v) is 10.1. The van der Waals surface area contributed by atoms with Crippen LogP contribution in [0.4, 0.5) is 0 Å². The lowest BCUT2D eigenvalue weighted by atomic mass is 9.94. The van der Waals surface area contributed by atoms with Crippen LogP contribution >= 0.6 is 0 Å². The topological polar surface area (TPSA) is 113 Å². The van der Waals surface area contributed by atoms with Gasteiger partial charge in [-0.1, -0.05) is 24.3 Å². The molecule has 8 nitrogen and oxygen atoms in total. The lowest BCUT2D eigenvalue weighted by molar-refractivity contribution is -0.130. The van der Waals surface area contributed by atoms with Gasteiger partial charge in [-0.05, 0) is 42.0 Å². The number of hydrogen-bond acceptors (Lipinski definition) is 7. The largest absolute Gasteiger partial charge is 0.504 e. The van der Waals surface area contributed by atoms with Crippen molar-refractivity contribution >= 4 is 22.7 Å². The van der Waals surface area contributed by atoms with E-state index in [2.05, 4.69) is 0 Å². The standard InChI is InChI=1S/C25H19NO7/c1-31-19-12-15(8-9-17(19)27)22-21(23(28)20-11-14-5-2-3-7-18(14)33-20)24(29)25(30)26(22)13-16-6-4-10-32-16/h2-12,22,27,29H,13H2,1H3. The average Bonchev–Trinajstić information content (AvgIpc) is 3.54. The van der Waals surface area contributed by atoms with Crippen LogP contribution in [0.5, 0.6) is 11.5 Å². The molecule has 0 aliphatic carbocycles. The van der Waals surface area contributed by atoms with Gasteiger partial charge in [0.15, 0.2) is 23.0 Å².